The highest BCUT2D eigenvalue weighted by Gasteiger charge is 2.43. The summed E-state index contributed by atoms with van der Waals surface area (Å²) in [5.41, 5.74) is 1.81. The van der Waals surface area contributed by atoms with Crippen LogP contribution in [0.1, 0.15) is 31.9 Å². The molecule has 2 atom stereocenters. The molecule has 0 bridgehead atoms. The van der Waals surface area contributed by atoms with Gasteiger partial charge in [-0.1, -0.05) is 6.07 Å². The van der Waals surface area contributed by atoms with Crippen molar-refractivity contribution in [1.82, 2.24) is 0 Å². The zero-order chi connectivity index (χ0) is 29.2. The van der Waals surface area contributed by atoms with Crippen LogP contribution < -0.4 is 15.0 Å². The first-order valence-electron chi connectivity index (χ1n) is 11.7. The van der Waals surface area contributed by atoms with Gasteiger partial charge in [0, 0.05) is 29.6 Å². The number of nitrogens with zero attached hydrogens (tertiary/aromatic N) is 1. The number of carboxylic acid groups (broad SMARTS) is 1. The van der Waals surface area contributed by atoms with Crippen LogP contribution in [0.5, 0.6) is 5.75 Å². The summed E-state index contributed by atoms with van der Waals surface area (Å²) in [5.74, 6) is -1.62. The van der Waals surface area contributed by atoms with Gasteiger partial charge in [0.05, 0.1) is 6.10 Å². The molecule has 214 valence electrons. The summed E-state index contributed by atoms with van der Waals surface area (Å²) in [6.07, 6.45) is -11.2. The second-order valence-corrected chi connectivity index (χ2v) is 11.0. The number of urea groups is 1. The third-order valence-corrected chi connectivity index (χ3v) is 7.44. The summed E-state index contributed by atoms with van der Waals surface area (Å²) in [4.78, 5) is 25.8. The molecule has 2 unspecified atom stereocenters. The molecular weight excluding hydrogens is 554 g/mol. The predicted octanol–water partition coefficient (Wildman–Crippen LogP) is 6.61. The normalized spacial score (nSPS) is 17.8. The Morgan fingerprint density at radius 3 is 2.18 bits per heavy atom. The number of fused-ring (bicyclic) bond motifs is 1. The van der Waals surface area contributed by atoms with Crippen LogP contribution in [0.25, 0.3) is 0 Å². The second-order valence-electron chi connectivity index (χ2n) is 9.18. The maximum Gasteiger partial charge on any atom is 0.573 e. The lowest BCUT2D eigenvalue weighted by Gasteiger charge is -2.36. The van der Waals surface area contributed by atoms with Crippen LogP contribution in [0.2, 0.25) is 0 Å². The van der Waals surface area contributed by atoms with E-state index in [-0.39, 0.29) is 25.1 Å². The Bertz CT molecular complexity index is 1190. The number of alkyl halides is 6. The van der Waals surface area contributed by atoms with Crippen LogP contribution >= 0.6 is 11.8 Å². The third-order valence-electron chi connectivity index (χ3n) is 5.90. The Hall–Kier alpha value is -3.13. The number of hydrogen-bond donors (Lipinski definition) is 2. The molecule has 2 N–H and O–H groups in total. The predicted molar refractivity (Wildman–Crippen MR) is 133 cm³/mol. The second kappa shape index (κ2) is 11.5. The van der Waals surface area contributed by atoms with Crippen molar-refractivity contribution in [1.29, 1.82) is 0 Å². The molecular formula is C25H26F6N2O5S. The van der Waals surface area contributed by atoms with Crippen molar-refractivity contribution >= 4 is 35.1 Å². The SMILES string of the molecule is CCN(C(=O)Nc1ccc(OC(F)(F)F)cc1)c1ccc2c(c1)CC(OC(F)(F)F)C(SC(C)(C)C(=O)O)C2. The number of thioether (sulfide) groups is 1. The van der Waals surface area contributed by atoms with Gasteiger partial charge in [-0.2, -0.15) is 0 Å². The fraction of sp³-hybridized carbons (Fsp3) is 0.440. The first-order valence-corrected chi connectivity index (χ1v) is 12.6. The van der Waals surface area contributed by atoms with Gasteiger partial charge in [-0.15, -0.1) is 38.1 Å². The van der Waals surface area contributed by atoms with Gasteiger partial charge < -0.3 is 15.2 Å². The van der Waals surface area contributed by atoms with E-state index in [1.807, 2.05) is 0 Å². The van der Waals surface area contributed by atoms with Gasteiger partial charge in [0.2, 0.25) is 0 Å². The van der Waals surface area contributed by atoms with E-state index in [0.717, 1.165) is 23.9 Å². The summed E-state index contributed by atoms with van der Waals surface area (Å²) in [6, 6.07) is 8.81. The van der Waals surface area contributed by atoms with Gasteiger partial charge >= 0.3 is 24.7 Å². The fourth-order valence-electron chi connectivity index (χ4n) is 4.08. The smallest absolute Gasteiger partial charge is 0.480 e. The van der Waals surface area contributed by atoms with E-state index in [4.69, 9.17) is 0 Å². The van der Waals surface area contributed by atoms with Gasteiger partial charge in [-0.05, 0) is 74.7 Å². The standard InChI is InChI=1S/C25H26F6N2O5S/c1-4-33(22(36)32-16-6-9-18(10-7-16)37-24(26,27)28)17-8-5-14-13-20(39-23(2,3)21(34)35)19(12-15(14)11-17)38-25(29,30)31/h5-11,19-20H,4,12-13H2,1-3H3,(H,32,36)(H,34,35). The minimum Gasteiger partial charge on any atom is -0.480 e. The maximum absolute atomic E-state index is 13.2. The first-order chi connectivity index (χ1) is 18.0. The molecule has 39 heavy (non-hydrogen) atoms. The van der Waals surface area contributed by atoms with Crippen LogP contribution in [0.15, 0.2) is 42.5 Å². The van der Waals surface area contributed by atoms with Crippen molar-refractivity contribution < 1.29 is 50.5 Å². The highest BCUT2D eigenvalue weighted by molar-refractivity contribution is 8.02. The maximum atomic E-state index is 13.2. The van der Waals surface area contributed by atoms with E-state index in [2.05, 4.69) is 14.8 Å². The van der Waals surface area contributed by atoms with E-state index in [0.29, 0.717) is 16.8 Å². The number of rotatable bonds is 8. The average Bonchev–Trinajstić information content (AvgIpc) is 2.79. The molecule has 14 heteroatoms. The minimum atomic E-state index is -4.93. The molecule has 0 saturated carbocycles. The van der Waals surface area contributed by atoms with Gasteiger partial charge in [-0.3, -0.25) is 14.4 Å². The van der Waals surface area contributed by atoms with E-state index >= 15 is 0 Å². The van der Waals surface area contributed by atoms with Crippen LogP contribution in [-0.2, 0) is 22.4 Å². The summed E-state index contributed by atoms with van der Waals surface area (Å²) in [7, 11) is 0. The molecule has 0 spiro atoms. The van der Waals surface area contributed by atoms with E-state index in [1.54, 1.807) is 25.1 Å². The molecule has 0 heterocycles. The Morgan fingerprint density at radius 1 is 1.00 bits per heavy atom. The van der Waals surface area contributed by atoms with Crippen molar-refractivity contribution in [2.45, 2.75) is 62.4 Å². The van der Waals surface area contributed by atoms with Crippen molar-refractivity contribution in [3.8, 4) is 5.75 Å². The molecule has 2 aromatic rings. The summed E-state index contributed by atoms with van der Waals surface area (Å²) < 4.78 is 83.5. The lowest BCUT2D eigenvalue weighted by Crippen LogP contribution is -2.42. The molecule has 7 nitrogen and oxygen atoms in total. The third kappa shape index (κ3) is 8.43. The number of anilines is 2. The van der Waals surface area contributed by atoms with E-state index in [9.17, 15) is 41.0 Å². The molecule has 0 saturated heterocycles. The molecule has 1 aliphatic rings. The summed E-state index contributed by atoms with van der Waals surface area (Å²) in [5, 5.41) is 11.2. The zero-order valence-corrected chi connectivity index (χ0v) is 21.8. The number of amides is 2. The number of benzene rings is 2. The number of nitrogens with one attached hydrogen (secondary N) is 1. The highest BCUT2D eigenvalue weighted by atomic mass is 32.2. The lowest BCUT2D eigenvalue weighted by molar-refractivity contribution is -0.342. The van der Waals surface area contributed by atoms with Crippen LogP contribution in [0.3, 0.4) is 0 Å². The summed E-state index contributed by atoms with van der Waals surface area (Å²) >= 11 is 0.898. The van der Waals surface area contributed by atoms with E-state index < -0.39 is 46.6 Å². The Labute approximate surface area is 224 Å². The number of hydrogen-bond acceptors (Lipinski definition) is 5. The van der Waals surface area contributed by atoms with Crippen molar-refractivity contribution in [3.63, 3.8) is 0 Å². The van der Waals surface area contributed by atoms with Gasteiger partial charge in [0.15, 0.2) is 0 Å². The topological polar surface area (TPSA) is 88.1 Å². The zero-order valence-electron chi connectivity index (χ0n) is 21.0. The highest BCUT2D eigenvalue weighted by Crippen LogP contribution is 2.40. The monoisotopic (exact) mass is 580 g/mol. The van der Waals surface area contributed by atoms with Gasteiger partial charge in [0.1, 0.15) is 10.5 Å². The van der Waals surface area contributed by atoms with Crippen molar-refractivity contribution in [3.05, 3.63) is 53.6 Å². The number of carboxylic acids is 1. The number of aliphatic carboxylic acids is 1. The van der Waals surface area contributed by atoms with E-state index in [1.165, 1.54) is 30.9 Å². The van der Waals surface area contributed by atoms with Crippen molar-refractivity contribution in [2.24, 2.45) is 0 Å². The molecule has 3 rings (SSSR count). The molecule has 0 aromatic heterocycles. The molecule has 0 aliphatic heterocycles. The van der Waals surface area contributed by atoms with Crippen LogP contribution in [0.4, 0.5) is 42.5 Å². The van der Waals surface area contributed by atoms with Crippen LogP contribution in [-0.4, -0.2) is 52.5 Å². The summed E-state index contributed by atoms with van der Waals surface area (Å²) in [6.45, 7) is 4.68. The van der Waals surface area contributed by atoms with Crippen molar-refractivity contribution in [2.75, 3.05) is 16.8 Å². The molecule has 0 fully saturated rings. The van der Waals surface area contributed by atoms with Gasteiger partial charge in [-0.25, -0.2) is 4.79 Å². The number of carbonyl (C=O) groups is 2. The Morgan fingerprint density at radius 2 is 1.64 bits per heavy atom. The minimum absolute atomic E-state index is 0.127. The Kier molecular flexibility index (Phi) is 9.00. The quantitative estimate of drug-likeness (QED) is 0.342. The molecule has 1 aliphatic carbocycles. The number of halogens is 6. The van der Waals surface area contributed by atoms with Crippen LogP contribution in [0, 0.1) is 0 Å². The largest absolute Gasteiger partial charge is 0.573 e. The average molecular weight is 581 g/mol. The molecule has 2 aromatic carbocycles. The molecule has 2 amide bonds. The number of ether oxygens (including phenoxy) is 2. The lowest BCUT2D eigenvalue weighted by atomic mass is 9.88. The first kappa shape index (κ1) is 30.4. The Balaban J connectivity index is 1.80. The van der Waals surface area contributed by atoms with Gasteiger partial charge in [0.25, 0.3) is 0 Å². The fourth-order valence-corrected chi connectivity index (χ4v) is 5.50. The molecule has 0 radical (unpaired) electrons. The number of carbonyl (C=O) groups excluding carboxylic acids is 1.